The summed E-state index contributed by atoms with van der Waals surface area (Å²) in [6.45, 7) is 1.03. The molecule has 1 aromatic carbocycles. The van der Waals surface area contributed by atoms with Gasteiger partial charge in [-0.05, 0) is 55.1 Å². The Balaban J connectivity index is 1.65. The summed E-state index contributed by atoms with van der Waals surface area (Å²) in [5.74, 6) is 0. The highest BCUT2D eigenvalue weighted by atomic mass is 15.1. The number of aromatic nitrogens is 1. The molecule has 1 aliphatic carbocycles. The first kappa shape index (κ1) is 14.2. The number of likely N-dealkylation sites (N-methyl/N-ethyl adjacent to an activating group) is 1. The second-order valence-corrected chi connectivity index (χ2v) is 5.92. The number of benzene rings is 1. The number of rotatable bonds is 4. The Kier molecular flexibility index (Phi) is 4.32. The molecule has 1 aliphatic rings. The molecule has 0 saturated carbocycles. The molecule has 21 heavy (non-hydrogen) atoms. The van der Waals surface area contributed by atoms with Crippen molar-refractivity contribution in [3.8, 4) is 0 Å². The molecule has 110 valence electrons. The minimum atomic E-state index is 0.123. The molecule has 2 N–H and O–H groups in total. The molecule has 1 aromatic heterocycles. The first-order valence-electron chi connectivity index (χ1n) is 7.68. The van der Waals surface area contributed by atoms with Crippen molar-refractivity contribution >= 4 is 0 Å². The fourth-order valence-corrected chi connectivity index (χ4v) is 3.29. The Bertz CT molecular complexity index is 582. The van der Waals surface area contributed by atoms with Crippen LogP contribution in [0.15, 0.2) is 48.8 Å². The minimum Gasteiger partial charge on any atom is -0.323 e. The largest absolute Gasteiger partial charge is 0.323 e. The van der Waals surface area contributed by atoms with Gasteiger partial charge in [-0.15, -0.1) is 0 Å². The number of pyridine rings is 1. The second kappa shape index (κ2) is 6.37. The van der Waals surface area contributed by atoms with Crippen LogP contribution in [0.3, 0.4) is 0 Å². The van der Waals surface area contributed by atoms with Gasteiger partial charge in [0.1, 0.15) is 0 Å². The van der Waals surface area contributed by atoms with Crippen molar-refractivity contribution in [2.45, 2.75) is 31.3 Å². The van der Waals surface area contributed by atoms with Crippen molar-refractivity contribution in [2.24, 2.45) is 5.73 Å². The molecule has 3 heteroatoms. The van der Waals surface area contributed by atoms with Gasteiger partial charge >= 0.3 is 0 Å². The van der Waals surface area contributed by atoms with Gasteiger partial charge in [0.15, 0.2) is 0 Å². The van der Waals surface area contributed by atoms with Crippen molar-refractivity contribution in [1.82, 2.24) is 9.88 Å². The number of aryl methyl sites for hydroxylation is 1. The molecule has 0 saturated heterocycles. The third kappa shape index (κ3) is 3.14. The monoisotopic (exact) mass is 281 g/mol. The van der Waals surface area contributed by atoms with Gasteiger partial charge in [-0.1, -0.05) is 24.3 Å². The molecule has 2 unspecified atom stereocenters. The highest BCUT2D eigenvalue weighted by Crippen LogP contribution is 2.30. The number of fused-ring (bicyclic) bond motifs is 1. The fourth-order valence-electron chi connectivity index (χ4n) is 3.29. The molecule has 1 heterocycles. The summed E-state index contributed by atoms with van der Waals surface area (Å²) >= 11 is 0. The van der Waals surface area contributed by atoms with E-state index in [1.807, 2.05) is 12.4 Å². The lowest BCUT2D eigenvalue weighted by molar-refractivity contribution is 0.194. The zero-order valence-electron chi connectivity index (χ0n) is 12.6. The van der Waals surface area contributed by atoms with Crippen LogP contribution < -0.4 is 5.73 Å². The van der Waals surface area contributed by atoms with Crippen LogP contribution in [-0.4, -0.2) is 29.5 Å². The van der Waals surface area contributed by atoms with Crippen molar-refractivity contribution in [2.75, 3.05) is 13.6 Å². The average molecular weight is 281 g/mol. The fraction of sp³-hybridized carbons (Fsp3) is 0.389. The van der Waals surface area contributed by atoms with Crippen molar-refractivity contribution in [3.63, 3.8) is 0 Å². The van der Waals surface area contributed by atoms with Crippen LogP contribution in [0.5, 0.6) is 0 Å². The van der Waals surface area contributed by atoms with Gasteiger partial charge in [0.05, 0.1) is 0 Å². The van der Waals surface area contributed by atoms with Crippen molar-refractivity contribution < 1.29 is 0 Å². The lowest BCUT2D eigenvalue weighted by Crippen LogP contribution is -2.44. The topological polar surface area (TPSA) is 42.2 Å². The van der Waals surface area contributed by atoms with Gasteiger partial charge in [0.25, 0.3) is 0 Å². The molecule has 0 radical (unpaired) electrons. The molecular formula is C18H23N3. The van der Waals surface area contributed by atoms with Crippen molar-refractivity contribution in [1.29, 1.82) is 0 Å². The lowest BCUT2D eigenvalue weighted by Gasteiger charge is -2.37. The molecule has 0 spiro atoms. The standard InChI is InChI=1S/C18H23N3/c1-21(13-10-14-8-11-20-12-9-14)17-7-6-15-4-2-3-5-16(15)18(17)19/h2-5,8-9,11-12,17-18H,6-7,10,13,19H2,1H3. The molecule has 2 atom stereocenters. The van der Waals surface area contributed by atoms with Gasteiger partial charge in [-0.3, -0.25) is 4.98 Å². The minimum absolute atomic E-state index is 0.123. The lowest BCUT2D eigenvalue weighted by atomic mass is 9.84. The number of nitrogens with zero attached hydrogens (tertiary/aromatic N) is 2. The van der Waals surface area contributed by atoms with Crippen LogP contribution >= 0.6 is 0 Å². The predicted molar refractivity (Wildman–Crippen MR) is 86.1 cm³/mol. The van der Waals surface area contributed by atoms with Crippen LogP contribution in [0.4, 0.5) is 0 Å². The van der Waals surface area contributed by atoms with Crippen LogP contribution in [0, 0.1) is 0 Å². The maximum Gasteiger partial charge on any atom is 0.0455 e. The predicted octanol–water partition coefficient (Wildman–Crippen LogP) is 2.57. The summed E-state index contributed by atoms with van der Waals surface area (Å²) in [6, 6.07) is 13.3. The Morgan fingerprint density at radius 3 is 2.76 bits per heavy atom. The molecule has 2 aromatic rings. The van der Waals surface area contributed by atoms with Crippen LogP contribution in [0.1, 0.15) is 29.2 Å². The first-order chi connectivity index (χ1) is 10.3. The summed E-state index contributed by atoms with van der Waals surface area (Å²) in [5, 5.41) is 0. The number of hydrogen-bond donors (Lipinski definition) is 1. The van der Waals surface area contributed by atoms with Gasteiger partial charge in [-0.25, -0.2) is 0 Å². The highest BCUT2D eigenvalue weighted by molar-refractivity contribution is 5.33. The molecule has 0 fully saturated rings. The van der Waals surface area contributed by atoms with E-state index >= 15 is 0 Å². The summed E-state index contributed by atoms with van der Waals surface area (Å²) < 4.78 is 0. The molecule has 3 rings (SSSR count). The van der Waals surface area contributed by atoms with Gasteiger partial charge in [-0.2, -0.15) is 0 Å². The van der Waals surface area contributed by atoms with E-state index < -0.39 is 0 Å². The number of nitrogens with two attached hydrogens (primary N) is 1. The molecule has 0 amide bonds. The Labute approximate surface area is 126 Å². The van der Waals surface area contributed by atoms with E-state index in [0.717, 1.165) is 25.8 Å². The second-order valence-electron chi connectivity index (χ2n) is 5.92. The molecule has 3 nitrogen and oxygen atoms in total. The maximum atomic E-state index is 6.51. The summed E-state index contributed by atoms with van der Waals surface area (Å²) in [6.07, 6.45) is 7.04. The Morgan fingerprint density at radius 2 is 1.95 bits per heavy atom. The third-order valence-corrected chi connectivity index (χ3v) is 4.61. The smallest absolute Gasteiger partial charge is 0.0455 e. The van der Waals surface area contributed by atoms with E-state index in [2.05, 4.69) is 53.3 Å². The normalized spacial score (nSPS) is 21.3. The zero-order valence-corrected chi connectivity index (χ0v) is 12.6. The van der Waals surface area contributed by atoms with Gasteiger partial charge in [0, 0.05) is 31.0 Å². The van der Waals surface area contributed by atoms with E-state index in [4.69, 9.17) is 5.73 Å². The molecule has 0 bridgehead atoms. The van der Waals surface area contributed by atoms with E-state index in [9.17, 15) is 0 Å². The summed E-state index contributed by atoms with van der Waals surface area (Å²) in [7, 11) is 2.19. The van der Waals surface area contributed by atoms with Gasteiger partial charge in [0.2, 0.25) is 0 Å². The summed E-state index contributed by atoms with van der Waals surface area (Å²) in [4.78, 5) is 6.48. The van der Waals surface area contributed by atoms with Crippen LogP contribution in [-0.2, 0) is 12.8 Å². The molecule has 0 aliphatic heterocycles. The quantitative estimate of drug-likeness (QED) is 0.936. The van der Waals surface area contributed by atoms with E-state index in [0.29, 0.717) is 6.04 Å². The van der Waals surface area contributed by atoms with Gasteiger partial charge < -0.3 is 10.6 Å². The summed E-state index contributed by atoms with van der Waals surface area (Å²) in [5.41, 5.74) is 10.6. The maximum absolute atomic E-state index is 6.51. The first-order valence-corrected chi connectivity index (χ1v) is 7.68. The highest BCUT2D eigenvalue weighted by Gasteiger charge is 2.28. The van der Waals surface area contributed by atoms with Crippen molar-refractivity contribution in [3.05, 3.63) is 65.5 Å². The zero-order chi connectivity index (χ0) is 14.7. The molecular weight excluding hydrogens is 258 g/mol. The Morgan fingerprint density at radius 1 is 1.19 bits per heavy atom. The third-order valence-electron chi connectivity index (χ3n) is 4.61. The van der Waals surface area contributed by atoms with E-state index in [1.54, 1.807) is 0 Å². The van der Waals surface area contributed by atoms with Crippen LogP contribution in [0.2, 0.25) is 0 Å². The SMILES string of the molecule is CN(CCc1ccncc1)C1CCc2ccccc2C1N. The number of hydrogen-bond acceptors (Lipinski definition) is 3. The van der Waals surface area contributed by atoms with Crippen LogP contribution in [0.25, 0.3) is 0 Å². The van der Waals surface area contributed by atoms with E-state index in [1.165, 1.54) is 16.7 Å². The average Bonchev–Trinajstić information content (AvgIpc) is 2.54. The van der Waals surface area contributed by atoms with E-state index in [-0.39, 0.29) is 6.04 Å². The Hall–Kier alpha value is -1.71.